The number of aromatic nitrogens is 2. The van der Waals surface area contributed by atoms with Gasteiger partial charge in [0.2, 0.25) is 0 Å². The molecule has 0 radical (unpaired) electrons. The van der Waals surface area contributed by atoms with Gasteiger partial charge in [-0.15, -0.1) is 0 Å². The van der Waals surface area contributed by atoms with E-state index in [2.05, 4.69) is 20.6 Å². The molecule has 1 aromatic rings. The molecular weight excluding hydrogens is 256 g/mol. The van der Waals surface area contributed by atoms with Gasteiger partial charge in [0, 0.05) is 30.8 Å². The largest absolute Gasteiger partial charge is 0.444 e. The number of nitrogens with zero attached hydrogens (tertiary/aromatic N) is 2. The fourth-order valence-electron chi connectivity index (χ4n) is 1.74. The van der Waals surface area contributed by atoms with Crippen LogP contribution >= 0.6 is 0 Å². The maximum atomic E-state index is 11.4. The molecule has 0 spiro atoms. The third kappa shape index (κ3) is 5.03. The number of alkyl carbamates (subject to hydrolysis) is 1. The van der Waals surface area contributed by atoms with Crippen LogP contribution in [0.5, 0.6) is 0 Å². The predicted octanol–water partition coefficient (Wildman–Crippen LogP) is 2.29. The second-order valence-electron chi connectivity index (χ2n) is 5.96. The number of nitrogens with one attached hydrogen (secondary N) is 2. The first kappa shape index (κ1) is 14.6. The van der Waals surface area contributed by atoms with Crippen LogP contribution in [0.1, 0.15) is 45.2 Å². The third-order valence-corrected chi connectivity index (χ3v) is 2.78. The van der Waals surface area contributed by atoms with Gasteiger partial charge in [-0.25, -0.2) is 14.8 Å². The maximum absolute atomic E-state index is 11.4. The van der Waals surface area contributed by atoms with Crippen LogP contribution in [0.25, 0.3) is 0 Å². The van der Waals surface area contributed by atoms with E-state index in [0.717, 1.165) is 11.5 Å². The van der Waals surface area contributed by atoms with Crippen LogP contribution in [0.15, 0.2) is 12.4 Å². The molecule has 110 valence electrons. The Morgan fingerprint density at radius 1 is 1.35 bits per heavy atom. The van der Waals surface area contributed by atoms with Crippen LogP contribution in [-0.4, -0.2) is 34.8 Å². The van der Waals surface area contributed by atoms with Crippen LogP contribution in [0.3, 0.4) is 0 Å². The van der Waals surface area contributed by atoms with Gasteiger partial charge in [-0.1, -0.05) is 0 Å². The molecule has 0 bridgehead atoms. The zero-order valence-corrected chi connectivity index (χ0v) is 12.3. The van der Waals surface area contributed by atoms with Crippen LogP contribution in [-0.2, 0) is 4.74 Å². The van der Waals surface area contributed by atoms with E-state index in [1.807, 2.05) is 26.8 Å². The van der Waals surface area contributed by atoms with E-state index in [1.54, 1.807) is 6.33 Å². The minimum Gasteiger partial charge on any atom is -0.444 e. The summed E-state index contributed by atoms with van der Waals surface area (Å²) in [5.74, 6) is 1.41. The Morgan fingerprint density at radius 2 is 2.10 bits per heavy atom. The molecule has 1 aliphatic rings. The summed E-state index contributed by atoms with van der Waals surface area (Å²) in [5.41, 5.74) is 0.631. The average Bonchev–Trinajstić information content (AvgIpc) is 3.17. The minimum atomic E-state index is -0.469. The highest BCUT2D eigenvalue weighted by Crippen LogP contribution is 2.39. The lowest BCUT2D eigenvalue weighted by Gasteiger charge is -2.19. The number of carbonyl (C=O) groups is 1. The van der Waals surface area contributed by atoms with Crippen molar-refractivity contribution in [2.75, 3.05) is 18.4 Å². The molecule has 1 amide bonds. The number of rotatable bonds is 5. The highest BCUT2D eigenvalue weighted by Gasteiger charge is 2.25. The first-order valence-corrected chi connectivity index (χ1v) is 6.97. The van der Waals surface area contributed by atoms with Crippen molar-refractivity contribution in [3.63, 3.8) is 0 Å². The maximum Gasteiger partial charge on any atom is 0.407 e. The molecule has 0 unspecified atom stereocenters. The van der Waals surface area contributed by atoms with Gasteiger partial charge in [-0.05, 0) is 33.6 Å². The summed E-state index contributed by atoms with van der Waals surface area (Å²) < 4.78 is 5.15. The van der Waals surface area contributed by atoms with E-state index in [4.69, 9.17) is 4.74 Å². The minimum absolute atomic E-state index is 0.402. The zero-order valence-electron chi connectivity index (χ0n) is 12.3. The molecule has 0 aliphatic heterocycles. The number of hydrogen-bond donors (Lipinski definition) is 2. The van der Waals surface area contributed by atoms with E-state index in [-0.39, 0.29) is 0 Å². The lowest BCUT2D eigenvalue weighted by molar-refractivity contribution is 0.0530. The lowest BCUT2D eigenvalue weighted by Crippen LogP contribution is -2.35. The van der Waals surface area contributed by atoms with Crippen molar-refractivity contribution in [1.82, 2.24) is 15.3 Å². The SMILES string of the molecule is CC(C)(C)OC(=O)NCCNc1cc(C2CC2)ncn1. The van der Waals surface area contributed by atoms with E-state index in [1.165, 1.54) is 12.8 Å². The Morgan fingerprint density at radius 3 is 2.75 bits per heavy atom. The molecule has 1 heterocycles. The second-order valence-corrected chi connectivity index (χ2v) is 5.96. The molecule has 6 nitrogen and oxygen atoms in total. The van der Waals surface area contributed by atoms with Crippen molar-refractivity contribution < 1.29 is 9.53 Å². The Balaban J connectivity index is 1.68. The van der Waals surface area contributed by atoms with Gasteiger partial charge in [0.25, 0.3) is 0 Å². The topological polar surface area (TPSA) is 76.1 Å². The Labute approximate surface area is 119 Å². The highest BCUT2D eigenvalue weighted by atomic mass is 16.6. The Hall–Kier alpha value is -1.85. The molecule has 2 N–H and O–H groups in total. The molecule has 20 heavy (non-hydrogen) atoms. The zero-order chi connectivity index (χ0) is 14.6. The summed E-state index contributed by atoms with van der Waals surface area (Å²) in [7, 11) is 0. The molecule has 0 saturated heterocycles. The fourth-order valence-corrected chi connectivity index (χ4v) is 1.74. The summed E-state index contributed by atoms with van der Waals surface area (Å²) in [6, 6.07) is 1.98. The number of ether oxygens (including phenoxy) is 1. The summed E-state index contributed by atoms with van der Waals surface area (Å²) in [5, 5.41) is 5.86. The summed E-state index contributed by atoms with van der Waals surface area (Å²) in [4.78, 5) is 19.9. The number of carbonyl (C=O) groups excluding carboxylic acids is 1. The van der Waals surface area contributed by atoms with E-state index in [0.29, 0.717) is 19.0 Å². The molecular formula is C14H22N4O2. The molecule has 1 saturated carbocycles. The van der Waals surface area contributed by atoms with Crippen molar-refractivity contribution in [3.05, 3.63) is 18.1 Å². The van der Waals surface area contributed by atoms with Crippen molar-refractivity contribution in [2.45, 2.75) is 45.1 Å². The predicted molar refractivity (Wildman–Crippen MR) is 76.7 cm³/mol. The third-order valence-electron chi connectivity index (χ3n) is 2.78. The summed E-state index contributed by atoms with van der Waals surface area (Å²) in [6.45, 7) is 6.60. The van der Waals surface area contributed by atoms with Crippen LogP contribution < -0.4 is 10.6 Å². The smallest absolute Gasteiger partial charge is 0.407 e. The Bertz CT molecular complexity index is 466. The molecule has 1 aromatic heterocycles. The number of anilines is 1. The average molecular weight is 278 g/mol. The highest BCUT2D eigenvalue weighted by molar-refractivity contribution is 5.67. The van der Waals surface area contributed by atoms with Gasteiger partial charge in [-0.2, -0.15) is 0 Å². The first-order valence-electron chi connectivity index (χ1n) is 6.97. The normalized spacial score (nSPS) is 14.8. The molecule has 1 fully saturated rings. The van der Waals surface area contributed by atoms with Crippen molar-refractivity contribution in [3.8, 4) is 0 Å². The van der Waals surface area contributed by atoms with E-state index < -0.39 is 11.7 Å². The molecule has 6 heteroatoms. The van der Waals surface area contributed by atoms with Gasteiger partial charge < -0.3 is 15.4 Å². The van der Waals surface area contributed by atoms with Crippen LogP contribution in [0, 0.1) is 0 Å². The van der Waals surface area contributed by atoms with Gasteiger partial charge in [0.05, 0.1) is 0 Å². The molecule has 0 atom stereocenters. The van der Waals surface area contributed by atoms with Gasteiger partial charge >= 0.3 is 6.09 Å². The quantitative estimate of drug-likeness (QED) is 0.808. The first-order chi connectivity index (χ1) is 9.44. The molecule has 1 aliphatic carbocycles. The summed E-state index contributed by atoms with van der Waals surface area (Å²) in [6.07, 6.45) is 3.62. The fraction of sp³-hybridized carbons (Fsp3) is 0.643. The second kappa shape index (κ2) is 6.07. The van der Waals surface area contributed by atoms with Gasteiger partial charge in [-0.3, -0.25) is 0 Å². The van der Waals surface area contributed by atoms with Crippen molar-refractivity contribution >= 4 is 11.9 Å². The standard InChI is InChI=1S/C14H22N4O2/c1-14(2,3)20-13(19)16-7-6-15-12-8-11(10-4-5-10)17-9-18-12/h8-10H,4-7H2,1-3H3,(H,16,19)(H,15,17,18). The van der Waals surface area contributed by atoms with Gasteiger partial charge in [0.15, 0.2) is 0 Å². The van der Waals surface area contributed by atoms with Crippen LogP contribution in [0.2, 0.25) is 0 Å². The number of amides is 1. The molecule has 0 aromatic carbocycles. The molecule has 2 rings (SSSR count). The van der Waals surface area contributed by atoms with E-state index in [9.17, 15) is 4.79 Å². The van der Waals surface area contributed by atoms with Gasteiger partial charge in [0.1, 0.15) is 17.7 Å². The monoisotopic (exact) mass is 278 g/mol. The van der Waals surface area contributed by atoms with Crippen LogP contribution in [0.4, 0.5) is 10.6 Å². The van der Waals surface area contributed by atoms with E-state index >= 15 is 0 Å². The lowest BCUT2D eigenvalue weighted by atomic mass is 10.2. The van der Waals surface area contributed by atoms with Crippen molar-refractivity contribution in [2.24, 2.45) is 0 Å². The summed E-state index contributed by atoms with van der Waals surface area (Å²) >= 11 is 0. The van der Waals surface area contributed by atoms with Crippen molar-refractivity contribution in [1.29, 1.82) is 0 Å². The number of hydrogen-bond acceptors (Lipinski definition) is 5. The Kier molecular flexibility index (Phi) is 4.42.